The van der Waals surface area contributed by atoms with Gasteiger partial charge in [0.25, 0.3) is 0 Å². The van der Waals surface area contributed by atoms with Gasteiger partial charge in [-0.3, -0.25) is 0 Å². The van der Waals surface area contributed by atoms with Gasteiger partial charge in [0.2, 0.25) is 0 Å². The molecule has 2 heteroatoms. The standard InChI is InChI=1S/C14H26O2/c1-4-5-6-7-8-9-13-10-11-14(16-13)15-12(2)3/h13-14H,2,4-11H2,1,3H3. The predicted octanol–water partition coefficient (Wildman–Crippen LogP) is 4.40. The summed E-state index contributed by atoms with van der Waals surface area (Å²) in [6.45, 7) is 7.86. The van der Waals surface area contributed by atoms with Crippen LogP contribution in [-0.4, -0.2) is 12.4 Å². The van der Waals surface area contributed by atoms with Gasteiger partial charge in [-0.15, -0.1) is 0 Å². The third-order valence-electron chi connectivity index (χ3n) is 3.03. The Morgan fingerprint density at radius 1 is 1.25 bits per heavy atom. The van der Waals surface area contributed by atoms with Crippen molar-refractivity contribution in [2.45, 2.75) is 77.6 Å². The fourth-order valence-electron chi connectivity index (χ4n) is 2.17. The topological polar surface area (TPSA) is 18.5 Å². The zero-order valence-electron chi connectivity index (χ0n) is 10.8. The van der Waals surface area contributed by atoms with Crippen LogP contribution in [0, 0.1) is 0 Å². The molecule has 0 aromatic carbocycles. The van der Waals surface area contributed by atoms with Gasteiger partial charge < -0.3 is 9.47 Å². The highest BCUT2D eigenvalue weighted by Gasteiger charge is 2.25. The molecule has 1 saturated heterocycles. The molecule has 0 radical (unpaired) electrons. The number of hydrogen-bond donors (Lipinski definition) is 0. The van der Waals surface area contributed by atoms with E-state index in [9.17, 15) is 0 Å². The first-order valence-electron chi connectivity index (χ1n) is 6.70. The van der Waals surface area contributed by atoms with Gasteiger partial charge in [-0.2, -0.15) is 0 Å². The van der Waals surface area contributed by atoms with Crippen molar-refractivity contribution in [3.63, 3.8) is 0 Å². The van der Waals surface area contributed by atoms with Gasteiger partial charge >= 0.3 is 0 Å². The monoisotopic (exact) mass is 226 g/mol. The Morgan fingerprint density at radius 3 is 2.69 bits per heavy atom. The highest BCUT2D eigenvalue weighted by molar-refractivity contribution is 4.77. The maximum Gasteiger partial charge on any atom is 0.199 e. The zero-order chi connectivity index (χ0) is 11.8. The van der Waals surface area contributed by atoms with E-state index >= 15 is 0 Å². The van der Waals surface area contributed by atoms with E-state index in [4.69, 9.17) is 9.47 Å². The molecule has 0 aliphatic carbocycles. The molecule has 0 saturated carbocycles. The Morgan fingerprint density at radius 2 is 2.00 bits per heavy atom. The maximum absolute atomic E-state index is 5.80. The van der Waals surface area contributed by atoms with E-state index in [1.54, 1.807) is 0 Å². The van der Waals surface area contributed by atoms with Crippen molar-refractivity contribution in [3.05, 3.63) is 12.3 Å². The quantitative estimate of drug-likeness (QED) is 0.451. The van der Waals surface area contributed by atoms with Crippen LogP contribution in [0.25, 0.3) is 0 Å². The second-order valence-corrected chi connectivity index (χ2v) is 4.79. The summed E-state index contributed by atoms with van der Waals surface area (Å²) in [4.78, 5) is 0. The third kappa shape index (κ3) is 5.55. The summed E-state index contributed by atoms with van der Waals surface area (Å²) in [6.07, 6.45) is 10.4. The van der Waals surface area contributed by atoms with Crippen molar-refractivity contribution >= 4 is 0 Å². The van der Waals surface area contributed by atoms with Gasteiger partial charge in [0.1, 0.15) is 0 Å². The van der Waals surface area contributed by atoms with Gasteiger partial charge in [0, 0.05) is 6.42 Å². The van der Waals surface area contributed by atoms with Crippen LogP contribution in [0.3, 0.4) is 0 Å². The van der Waals surface area contributed by atoms with Crippen LogP contribution in [0.15, 0.2) is 12.3 Å². The molecule has 0 spiro atoms. The van der Waals surface area contributed by atoms with E-state index in [0.717, 1.165) is 18.6 Å². The van der Waals surface area contributed by atoms with Crippen molar-refractivity contribution in [2.75, 3.05) is 0 Å². The van der Waals surface area contributed by atoms with Crippen LogP contribution in [0.1, 0.15) is 65.2 Å². The summed E-state index contributed by atoms with van der Waals surface area (Å²) >= 11 is 0. The van der Waals surface area contributed by atoms with Crippen molar-refractivity contribution in [2.24, 2.45) is 0 Å². The van der Waals surface area contributed by atoms with Crippen LogP contribution in [-0.2, 0) is 9.47 Å². The molecule has 1 rings (SSSR count). The summed E-state index contributed by atoms with van der Waals surface area (Å²) in [5, 5.41) is 0. The lowest BCUT2D eigenvalue weighted by molar-refractivity contribution is -0.108. The molecule has 0 aromatic rings. The average Bonchev–Trinajstić information content (AvgIpc) is 2.64. The zero-order valence-corrected chi connectivity index (χ0v) is 10.8. The molecule has 94 valence electrons. The van der Waals surface area contributed by atoms with E-state index < -0.39 is 0 Å². The summed E-state index contributed by atoms with van der Waals surface area (Å²) in [5.74, 6) is 0.758. The van der Waals surface area contributed by atoms with Crippen molar-refractivity contribution in [3.8, 4) is 0 Å². The summed E-state index contributed by atoms with van der Waals surface area (Å²) in [7, 11) is 0. The van der Waals surface area contributed by atoms with E-state index in [-0.39, 0.29) is 6.29 Å². The number of hydrogen-bond acceptors (Lipinski definition) is 2. The van der Waals surface area contributed by atoms with Crippen LogP contribution in [0.4, 0.5) is 0 Å². The Kier molecular flexibility index (Phi) is 6.55. The third-order valence-corrected chi connectivity index (χ3v) is 3.03. The van der Waals surface area contributed by atoms with Crippen LogP contribution in [0.2, 0.25) is 0 Å². The molecule has 0 N–H and O–H groups in total. The van der Waals surface area contributed by atoms with E-state index in [2.05, 4.69) is 13.5 Å². The molecule has 2 nitrogen and oxygen atoms in total. The molecular formula is C14H26O2. The van der Waals surface area contributed by atoms with Crippen LogP contribution < -0.4 is 0 Å². The molecule has 1 fully saturated rings. The summed E-state index contributed by atoms with van der Waals surface area (Å²) < 4.78 is 11.3. The second kappa shape index (κ2) is 7.72. The Hall–Kier alpha value is -0.500. The number of ether oxygens (including phenoxy) is 2. The lowest BCUT2D eigenvalue weighted by Crippen LogP contribution is -2.13. The average molecular weight is 226 g/mol. The molecule has 1 aliphatic rings. The normalized spacial score (nSPS) is 24.6. The maximum atomic E-state index is 5.80. The molecule has 1 heterocycles. The van der Waals surface area contributed by atoms with Crippen molar-refractivity contribution < 1.29 is 9.47 Å². The fourth-order valence-corrected chi connectivity index (χ4v) is 2.17. The fraction of sp³-hybridized carbons (Fsp3) is 0.857. The molecule has 0 aromatic heterocycles. The summed E-state index contributed by atoms with van der Waals surface area (Å²) in [6, 6.07) is 0. The van der Waals surface area contributed by atoms with E-state index in [1.165, 1.54) is 38.5 Å². The SMILES string of the molecule is C=C(C)OC1CCC(CCCCCCC)O1. The van der Waals surface area contributed by atoms with Gasteiger partial charge in [0.05, 0.1) is 11.9 Å². The van der Waals surface area contributed by atoms with Crippen molar-refractivity contribution in [1.29, 1.82) is 0 Å². The highest BCUT2D eigenvalue weighted by Crippen LogP contribution is 2.25. The molecule has 2 atom stereocenters. The minimum atomic E-state index is -0.0295. The first-order valence-corrected chi connectivity index (χ1v) is 6.70. The molecule has 0 amide bonds. The van der Waals surface area contributed by atoms with Crippen molar-refractivity contribution in [1.82, 2.24) is 0 Å². The van der Waals surface area contributed by atoms with Gasteiger partial charge in [-0.1, -0.05) is 45.6 Å². The second-order valence-electron chi connectivity index (χ2n) is 4.79. The molecular weight excluding hydrogens is 200 g/mol. The Labute approximate surface area is 100 Å². The highest BCUT2D eigenvalue weighted by atomic mass is 16.7. The van der Waals surface area contributed by atoms with E-state index in [1.807, 2.05) is 6.92 Å². The van der Waals surface area contributed by atoms with Crippen LogP contribution >= 0.6 is 0 Å². The smallest absolute Gasteiger partial charge is 0.199 e. The minimum Gasteiger partial charge on any atom is -0.470 e. The minimum absolute atomic E-state index is 0.0295. The lowest BCUT2D eigenvalue weighted by Gasteiger charge is -2.15. The number of rotatable bonds is 8. The molecule has 1 aliphatic heterocycles. The molecule has 0 bridgehead atoms. The van der Waals surface area contributed by atoms with Gasteiger partial charge in [-0.25, -0.2) is 0 Å². The molecule has 16 heavy (non-hydrogen) atoms. The summed E-state index contributed by atoms with van der Waals surface area (Å²) in [5.41, 5.74) is 0. The van der Waals surface area contributed by atoms with Gasteiger partial charge in [-0.05, 0) is 19.8 Å². The number of unbranched alkanes of at least 4 members (excludes halogenated alkanes) is 4. The lowest BCUT2D eigenvalue weighted by atomic mass is 10.1. The van der Waals surface area contributed by atoms with Gasteiger partial charge in [0.15, 0.2) is 6.29 Å². The van der Waals surface area contributed by atoms with E-state index in [0.29, 0.717) is 6.10 Å². The predicted molar refractivity (Wildman–Crippen MR) is 67.2 cm³/mol. The largest absolute Gasteiger partial charge is 0.470 e. The Balaban J connectivity index is 2.01. The first kappa shape index (κ1) is 13.6. The Bertz CT molecular complexity index is 201. The molecule has 2 unspecified atom stereocenters. The number of allylic oxidation sites excluding steroid dienone is 1. The first-order chi connectivity index (χ1) is 7.72. The van der Waals surface area contributed by atoms with Crippen LogP contribution in [0.5, 0.6) is 0 Å².